The zero-order valence-corrected chi connectivity index (χ0v) is 7.40. The molecule has 1 aromatic carbocycles. The summed E-state index contributed by atoms with van der Waals surface area (Å²) in [6, 6.07) is 5.84. The summed E-state index contributed by atoms with van der Waals surface area (Å²) < 4.78 is 12.6. The van der Waals surface area contributed by atoms with Gasteiger partial charge in [0.1, 0.15) is 5.82 Å². The third-order valence-electron chi connectivity index (χ3n) is 2.04. The summed E-state index contributed by atoms with van der Waals surface area (Å²) in [7, 11) is 0. The quantitative estimate of drug-likeness (QED) is 0.666. The van der Waals surface area contributed by atoms with Crippen molar-refractivity contribution in [3.63, 3.8) is 0 Å². The van der Waals surface area contributed by atoms with Gasteiger partial charge < -0.3 is 0 Å². The van der Waals surface area contributed by atoms with Crippen LogP contribution in [0.25, 0.3) is 5.57 Å². The first-order valence-corrected chi connectivity index (χ1v) is 4.28. The van der Waals surface area contributed by atoms with Crippen molar-refractivity contribution in [1.29, 1.82) is 0 Å². The molecule has 2 nitrogen and oxygen atoms in total. The Morgan fingerprint density at radius 3 is 2.57 bits per heavy atom. The first-order chi connectivity index (χ1) is 6.77. The van der Waals surface area contributed by atoms with Gasteiger partial charge in [0.2, 0.25) is 0 Å². The van der Waals surface area contributed by atoms with Crippen LogP contribution in [0.5, 0.6) is 0 Å². The molecule has 0 amide bonds. The van der Waals surface area contributed by atoms with Crippen LogP contribution in [-0.2, 0) is 4.79 Å². The Morgan fingerprint density at radius 2 is 1.93 bits per heavy atom. The Hall–Kier alpha value is -1.77. The average Bonchev–Trinajstić information content (AvgIpc) is 2.20. The molecule has 1 aromatic rings. The first-order valence-electron chi connectivity index (χ1n) is 4.28. The molecule has 2 rings (SSSR count). The van der Waals surface area contributed by atoms with Crippen LogP contribution in [0.1, 0.15) is 12.0 Å². The lowest BCUT2D eigenvalue weighted by atomic mass is 10.00. The minimum Gasteiger partial charge on any atom is -0.294 e. The van der Waals surface area contributed by atoms with Crippen LogP contribution in [0, 0.1) is 5.82 Å². The van der Waals surface area contributed by atoms with Crippen molar-refractivity contribution in [3.05, 3.63) is 41.8 Å². The maximum Gasteiger partial charge on any atom is 0.170 e. The number of hydrogen-bond acceptors (Lipinski definition) is 2. The Balaban J connectivity index is 2.39. The zero-order chi connectivity index (χ0) is 9.97. The highest BCUT2D eigenvalue weighted by Gasteiger charge is 2.12. The fourth-order valence-electron chi connectivity index (χ4n) is 1.31. The Bertz CT molecular complexity index is 417. The fraction of sp³-hybridized carbons (Fsp3) is 0.0909. The Labute approximate surface area is 80.8 Å². The second-order valence-electron chi connectivity index (χ2n) is 3.01. The number of allylic oxidation sites excluding steroid dienone is 1. The van der Waals surface area contributed by atoms with Crippen LogP contribution in [-0.4, -0.2) is 12.0 Å². The highest BCUT2D eigenvalue weighted by atomic mass is 19.1. The standard InChI is InChI=1S/C11H8FNO/c12-9-3-1-8(2-4-9)10-7-13-6-5-11(10)14/h1-4,6-7H,5H2. The summed E-state index contributed by atoms with van der Waals surface area (Å²) in [5, 5.41) is 0. The summed E-state index contributed by atoms with van der Waals surface area (Å²) in [4.78, 5) is 15.3. The van der Waals surface area contributed by atoms with Gasteiger partial charge in [0, 0.05) is 24.4 Å². The zero-order valence-electron chi connectivity index (χ0n) is 7.40. The van der Waals surface area contributed by atoms with E-state index in [9.17, 15) is 9.18 Å². The molecule has 0 saturated carbocycles. The van der Waals surface area contributed by atoms with E-state index in [1.807, 2.05) is 0 Å². The van der Waals surface area contributed by atoms with Gasteiger partial charge in [-0.05, 0) is 17.7 Å². The Morgan fingerprint density at radius 1 is 1.21 bits per heavy atom. The SMILES string of the molecule is O=C1CC=NC=C1c1ccc(F)cc1. The van der Waals surface area contributed by atoms with Crippen molar-refractivity contribution in [3.8, 4) is 0 Å². The number of hydrogen-bond donors (Lipinski definition) is 0. The summed E-state index contributed by atoms with van der Waals surface area (Å²) in [5.74, 6) is -0.285. The van der Waals surface area contributed by atoms with Crippen LogP contribution in [0.15, 0.2) is 35.5 Å². The minimum atomic E-state index is -0.305. The van der Waals surface area contributed by atoms with Gasteiger partial charge >= 0.3 is 0 Å². The van der Waals surface area contributed by atoms with Crippen molar-refractivity contribution in [2.75, 3.05) is 0 Å². The van der Waals surface area contributed by atoms with E-state index in [0.717, 1.165) is 0 Å². The molecule has 1 aliphatic rings. The molecule has 14 heavy (non-hydrogen) atoms. The van der Waals surface area contributed by atoms with E-state index in [1.165, 1.54) is 18.3 Å². The largest absolute Gasteiger partial charge is 0.294 e. The molecule has 0 aliphatic carbocycles. The summed E-state index contributed by atoms with van der Waals surface area (Å²) in [6.07, 6.45) is 3.40. The van der Waals surface area contributed by atoms with E-state index in [1.54, 1.807) is 18.3 Å². The molecule has 0 saturated heterocycles. The molecule has 0 atom stereocenters. The summed E-state index contributed by atoms with van der Waals surface area (Å²) in [6.45, 7) is 0. The van der Waals surface area contributed by atoms with Crippen molar-refractivity contribution < 1.29 is 9.18 Å². The predicted octanol–water partition coefficient (Wildman–Crippen LogP) is 2.21. The van der Waals surface area contributed by atoms with E-state index < -0.39 is 0 Å². The number of rotatable bonds is 1. The second-order valence-corrected chi connectivity index (χ2v) is 3.01. The number of halogens is 1. The van der Waals surface area contributed by atoms with Gasteiger partial charge in [0.15, 0.2) is 5.78 Å². The monoisotopic (exact) mass is 189 g/mol. The molecular weight excluding hydrogens is 181 g/mol. The number of nitrogens with zero attached hydrogens (tertiary/aromatic N) is 1. The van der Waals surface area contributed by atoms with Gasteiger partial charge in [-0.3, -0.25) is 9.79 Å². The van der Waals surface area contributed by atoms with E-state index in [4.69, 9.17) is 0 Å². The lowest BCUT2D eigenvalue weighted by Crippen LogP contribution is -2.05. The lowest BCUT2D eigenvalue weighted by molar-refractivity contribution is -0.112. The smallest absolute Gasteiger partial charge is 0.170 e. The van der Waals surface area contributed by atoms with E-state index in [2.05, 4.69) is 4.99 Å². The molecule has 0 bridgehead atoms. The summed E-state index contributed by atoms with van der Waals surface area (Å²) in [5.41, 5.74) is 1.26. The fourth-order valence-corrected chi connectivity index (χ4v) is 1.31. The number of Topliss-reactive ketones (excluding diaryl/α,β-unsaturated/α-hetero) is 1. The Kier molecular flexibility index (Phi) is 2.23. The van der Waals surface area contributed by atoms with Gasteiger partial charge in [-0.25, -0.2) is 4.39 Å². The maximum absolute atomic E-state index is 12.6. The van der Waals surface area contributed by atoms with Gasteiger partial charge in [0.25, 0.3) is 0 Å². The van der Waals surface area contributed by atoms with Gasteiger partial charge in [-0.1, -0.05) is 12.1 Å². The second kappa shape index (κ2) is 3.54. The molecule has 0 aromatic heterocycles. The molecule has 0 spiro atoms. The van der Waals surface area contributed by atoms with Crippen molar-refractivity contribution >= 4 is 17.6 Å². The van der Waals surface area contributed by atoms with Crippen LogP contribution < -0.4 is 0 Å². The number of carbonyl (C=O) groups excluding carboxylic acids is 1. The molecular formula is C11H8FNO. The topological polar surface area (TPSA) is 29.4 Å². The van der Waals surface area contributed by atoms with Crippen molar-refractivity contribution in [1.82, 2.24) is 0 Å². The van der Waals surface area contributed by atoms with E-state index in [-0.39, 0.29) is 11.6 Å². The lowest BCUT2D eigenvalue weighted by Gasteiger charge is -2.06. The highest BCUT2D eigenvalue weighted by molar-refractivity contribution is 6.25. The normalized spacial score (nSPS) is 15.5. The van der Waals surface area contributed by atoms with Crippen molar-refractivity contribution in [2.45, 2.75) is 6.42 Å². The van der Waals surface area contributed by atoms with E-state index >= 15 is 0 Å². The van der Waals surface area contributed by atoms with Crippen LogP contribution in [0.4, 0.5) is 4.39 Å². The maximum atomic E-state index is 12.6. The predicted molar refractivity (Wildman–Crippen MR) is 52.5 cm³/mol. The van der Waals surface area contributed by atoms with Crippen LogP contribution >= 0.6 is 0 Å². The van der Waals surface area contributed by atoms with Crippen molar-refractivity contribution in [2.24, 2.45) is 4.99 Å². The van der Waals surface area contributed by atoms with E-state index in [0.29, 0.717) is 17.6 Å². The third kappa shape index (κ3) is 1.62. The third-order valence-corrected chi connectivity index (χ3v) is 2.04. The number of benzene rings is 1. The highest BCUT2D eigenvalue weighted by Crippen LogP contribution is 2.19. The number of aliphatic imine (C=N–C) groups is 1. The van der Waals surface area contributed by atoms with Gasteiger partial charge in [0.05, 0.1) is 0 Å². The van der Waals surface area contributed by atoms with Gasteiger partial charge in [-0.15, -0.1) is 0 Å². The number of ketones is 1. The molecule has 0 unspecified atom stereocenters. The molecule has 0 radical (unpaired) electrons. The molecule has 0 fully saturated rings. The molecule has 3 heteroatoms. The van der Waals surface area contributed by atoms with Crippen LogP contribution in [0.2, 0.25) is 0 Å². The number of carbonyl (C=O) groups is 1. The summed E-state index contributed by atoms with van der Waals surface area (Å²) >= 11 is 0. The molecule has 70 valence electrons. The van der Waals surface area contributed by atoms with Gasteiger partial charge in [-0.2, -0.15) is 0 Å². The molecule has 1 heterocycles. The average molecular weight is 189 g/mol. The molecule has 0 N–H and O–H groups in total. The molecule has 1 aliphatic heterocycles. The first kappa shape index (κ1) is 8.81. The minimum absolute atomic E-state index is 0.0200. The van der Waals surface area contributed by atoms with Crippen LogP contribution in [0.3, 0.4) is 0 Å².